The minimum Gasteiger partial charge on any atom is -0.239 e. The largest absolute Gasteiger partial charge is 0.239 e. The monoisotopic (exact) mass is 232 g/mol. The van der Waals surface area contributed by atoms with Crippen molar-refractivity contribution in [3.63, 3.8) is 0 Å². The van der Waals surface area contributed by atoms with E-state index in [1.54, 1.807) is 10.9 Å². The van der Waals surface area contributed by atoms with Gasteiger partial charge in [-0.15, -0.1) is 0 Å². The molecule has 0 radical (unpaired) electrons. The van der Waals surface area contributed by atoms with Crippen molar-refractivity contribution in [1.82, 2.24) is 9.66 Å². The van der Waals surface area contributed by atoms with Crippen LogP contribution in [0.2, 0.25) is 0 Å². The summed E-state index contributed by atoms with van der Waals surface area (Å²) in [5, 5.41) is 15.7. The summed E-state index contributed by atoms with van der Waals surface area (Å²) in [5.74, 6) is 0.351. The first-order chi connectivity index (χ1) is 8.88. The molecule has 84 valence electrons. The fourth-order valence-corrected chi connectivity index (χ4v) is 2.49. The highest BCUT2D eigenvalue weighted by Gasteiger charge is 2.25. The van der Waals surface area contributed by atoms with E-state index >= 15 is 0 Å². The van der Waals surface area contributed by atoms with Gasteiger partial charge in [-0.3, -0.25) is 0 Å². The molecular weight excluding hydrogens is 224 g/mol. The number of hydrogen-bond acceptors (Lipinski definition) is 3. The summed E-state index contributed by atoms with van der Waals surface area (Å²) in [6.07, 6.45) is 3.46. The second-order valence-corrected chi connectivity index (χ2v) is 4.34. The van der Waals surface area contributed by atoms with Crippen molar-refractivity contribution in [2.75, 3.05) is 0 Å². The predicted octanol–water partition coefficient (Wildman–Crippen LogP) is 2.60. The lowest BCUT2D eigenvalue weighted by atomic mass is 10.1. The van der Waals surface area contributed by atoms with Gasteiger partial charge in [-0.2, -0.15) is 10.4 Å². The Bertz CT molecular complexity index is 806. The second-order valence-electron chi connectivity index (χ2n) is 4.34. The Hall–Kier alpha value is -2.67. The fourth-order valence-electron chi connectivity index (χ4n) is 2.49. The molecule has 2 heterocycles. The van der Waals surface area contributed by atoms with E-state index in [-0.39, 0.29) is 5.92 Å². The molecule has 0 spiro atoms. The lowest BCUT2D eigenvalue weighted by molar-refractivity contribution is 0.808. The topological polar surface area (TPSA) is 54.0 Å². The van der Waals surface area contributed by atoms with Crippen molar-refractivity contribution in [3.05, 3.63) is 42.4 Å². The van der Waals surface area contributed by atoms with Crippen LogP contribution >= 0.6 is 0 Å². The van der Waals surface area contributed by atoms with Crippen LogP contribution in [0.3, 0.4) is 0 Å². The van der Waals surface area contributed by atoms with Crippen molar-refractivity contribution in [3.8, 4) is 17.3 Å². The van der Waals surface area contributed by atoms with Crippen LogP contribution < -0.4 is 0 Å². The third kappa shape index (κ3) is 1.03. The van der Waals surface area contributed by atoms with E-state index in [0.717, 1.165) is 16.6 Å². The molecule has 1 aromatic carbocycles. The minimum absolute atomic E-state index is 0.344. The minimum atomic E-state index is -0.344. The van der Waals surface area contributed by atoms with Crippen LogP contribution in [0.4, 0.5) is 0 Å². The number of benzene rings is 1. The molecule has 18 heavy (non-hydrogen) atoms. The van der Waals surface area contributed by atoms with Gasteiger partial charge in [0.15, 0.2) is 5.82 Å². The number of rotatable bonds is 0. The molecule has 2 aliphatic heterocycles. The Morgan fingerprint density at radius 3 is 3.06 bits per heavy atom. The number of aromatic nitrogens is 2. The summed E-state index contributed by atoms with van der Waals surface area (Å²) < 4.78 is 1.78. The Morgan fingerprint density at radius 2 is 2.17 bits per heavy atom. The molecule has 0 fully saturated rings. The molecule has 0 saturated heterocycles. The summed E-state index contributed by atoms with van der Waals surface area (Å²) >= 11 is 0. The first-order valence-electron chi connectivity index (χ1n) is 5.71. The van der Waals surface area contributed by atoms with Gasteiger partial charge in [-0.25, -0.2) is 9.66 Å². The van der Waals surface area contributed by atoms with Crippen molar-refractivity contribution >= 4 is 17.0 Å². The summed E-state index contributed by atoms with van der Waals surface area (Å²) in [5.41, 5.74) is 2.08. The van der Waals surface area contributed by atoms with Crippen LogP contribution in [0.25, 0.3) is 22.0 Å². The molecule has 0 N–H and O–H groups in total. The van der Waals surface area contributed by atoms with Gasteiger partial charge in [0.05, 0.1) is 18.0 Å². The SMILES string of the molecule is N#CC1C=Nn2c1ncc1cc3ccccc3c2-1. The third-order valence-corrected chi connectivity index (χ3v) is 3.31. The van der Waals surface area contributed by atoms with E-state index in [2.05, 4.69) is 34.4 Å². The molecule has 1 aliphatic carbocycles. The van der Waals surface area contributed by atoms with Crippen molar-refractivity contribution in [2.45, 2.75) is 5.92 Å². The van der Waals surface area contributed by atoms with Gasteiger partial charge < -0.3 is 0 Å². The summed E-state index contributed by atoms with van der Waals surface area (Å²) in [7, 11) is 0. The Morgan fingerprint density at radius 1 is 1.28 bits per heavy atom. The van der Waals surface area contributed by atoms with Gasteiger partial charge in [-0.05, 0) is 11.5 Å². The molecule has 4 nitrogen and oxygen atoms in total. The van der Waals surface area contributed by atoms with Crippen molar-refractivity contribution in [1.29, 1.82) is 5.26 Å². The summed E-state index contributed by atoms with van der Waals surface area (Å²) in [6.45, 7) is 0. The molecule has 1 atom stereocenters. The lowest BCUT2D eigenvalue weighted by Crippen LogP contribution is -2.04. The highest BCUT2D eigenvalue weighted by atomic mass is 15.4. The average Bonchev–Trinajstić information content (AvgIpc) is 2.98. The maximum Gasteiger partial charge on any atom is 0.153 e. The fraction of sp³-hybridized carbons (Fsp3) is 0.0714. The van der Waals surface area contributed by atoms with Crippen LogP contribution in [0.1, 0.15) is 11.7 Å². The average molecular weight is 232 g/mol. The smallest absolute Gasteiger partial charge is 0.153 e. The Labute approximate surface area is 103 Å². The highest BCUT2D eigenvalue weighted by Crippen LogP contribution is 2.36. The van der Waals surface area contributed by atoms with Crippen LogP contribution in [-0.2, 0) is 0 Å². The first-order valence-corrected chi connectivity index (χ1v) is 5.71. The van der Waals surface area contributed by atoms with Gasteiger partial charge in [0.25, 0.3) is 0 Å². The molecular formula is C14H8N4. The predicted molar refractivity (Wildman–Crippen MR) is 68.6 cm³/mol. The quantitative estimate of drug-likeness (QED) is 0.598. The first kappa shape index (κ1) is 9.37. The van der Waals surface area contributed by atoms with E-state index < -0.39 is 0 Å². The Kier molecular flexibility index (Phi) is 1.65. The maximum absolute atomic E-state index is 9.05. The van der Waals surface area contributed by atoms with Crippen LogP contribution in [-0.4, -0.2) is 15.9 Å². The summed E-state index contributed by atoms with van der Waals surface area (Å²) in [4.78, 5) is 4.35. The van der Waals surface area contributed by atoms with Gasteiger partial charge in [0, 0.05) is 17.1 Å². The van der Waals surface area contributed by atoms with E-state index in [1.165, 1.54) is 5.39 Å². The third-order valence-electron chi connectivity index (χ3n) is 3.31. The van der Waals surface area contributed by atoms with Crippen LogP contribution in [0.15, 0.2) is 41.6 Å². The lowest BCUT2D eigenvalue weighted by Gasteiger charge is -2.08. The molecule has 0 bridgehead atoms. The molecule has 0 saturated carbocycles. The standard InChI is InChI=1S/C14H8N4/c15-6-11-8-17-18-13-10(7-16-14(11)18)5-9-3-1-2-4-12(9)13/h1-5,7-8,11H. The molecule has 4 rings (SSSR count). The van der Waals surface area contributed by atoms with E-state index in [0.29, 0.717) is 5.82 Å². The van der Waals surface area contributed by atoms with Gasteiger partial charge in [0.2, 0.25) is 0 Å². The van der Waals surface area contributed by atoms with Gasteiger partial charge >= 0.3 is 0 Å². The molecule has 0 aromatic heterocycles. The van der Waals surface area contributed by atoms with Gasteiger partial charge in [-0.1, -0.05) is 24.3 Å². The number of nitriles is 1. The molecule has 0 amide bonds. The van der Waals surface area contributed by atoms with Crippen LogP contribution in [0, 0.1) is 11.3 Å². The zero-order valence-electron chi connectivity index (χ0n) is 9.41. The molecule has 4 heteroatoms. The normalized spacial score (nSPS) is 17.2. The molecule has 1 unspecified atom stereocenters. The van der Waals surface area contributed by atoms with Gasteiger partial charge in [0.1, 0.15) is 5.92 Å². The molecule has 1 aromatic rings. The number of fused-ring (bicyclic) bond motifs is 5. The maximum atomic E-state index is 9.05. The second kappa shape index (κ2) is 3.17. The number of hydrogen-bond donors (Lipinski definition) is 0. The van der Waals surface area contributed by atoms with Crippen LogP contribution in [0.5, 0.6) is 0 Å². The van der Waals surface area contributed by atoms with Crippen molar-refractivity contribution < 1.29 is 0 Å². The zero-order valence-corrected chi connectivity index (χ0v) is 9.41. The molecule has 3 aliphatic rings. The van der Waals surface area contributed by atoms with E-state index in [1.807, 2.05) is 18.3 Å². The zero-order chi connectivity index (χ0) is 12.1. The summed E-state index contributed by atoms with van der Waals surface area (Å²) in [6, 6.07) is 12.5. The van der Waals surface area contributed by atoms with E-state index in [4.69, 9.17) is 5.26 Å². The van der Waals surface area contributed by atoms with Crippen molar-refractivity contribution in [2.24, 2.45) is 5.10 Å². The van der Waals surface area contributed by atoms with E-state index in [9.17, 15) is 0 Å². The number of nitrogens with zero attached hydrogens (tertiary/aromatic N) is 4. The highest BCUT2D eigenvalue weighted by molar-refractivity contribution is 6.01. The Balaban J connectivity index is 2.17.